The Hall–Kier alpha value is -6.23. The number of ether oxygens (including phenoxy) is 3. The summed E-state index contributed by atoms with van der Waals surface area (Å²) in [5, 5.41) is 21.4. The van der Waals surface area contributed by atoms with Crippen molar-refractivity contribution in [2.75, 3.05) is 33.4 Å². The molecule has 0 spiro atoms. The van der Waals surface area contributed by atoms with Gasteiger partial charge in [-0.1, -0.05) is 32.0 Å². The molecule has 324 valence electrons. The lowest BCUT2D eigenvalue weighted by Crippen LogP contribution is -2.54. The Morgan fingerprint density at radius 1 is 1.00 bits per heavy atom. The van der Waals surface area contributed by atoms with Gasteiger partial charge in [0.25, 0.3) is 5.91 Å². The number of alkyl carbamates (subject to hydrolysis) is 1. The zero-order valence-electron chi connectivity index (χ0n) is 35.2. The minimum atomic E-state index is -0.951. The zero-order valence-corrected chi connectivity index (χ0v) is 35.2. The molecule has 9 rings (SSSR count). The van der Waals surface area contributed by atoms with Gasteiger partial charge in [-0.05, 0) is 87.5 Å². The van der Waals surface area contributed by atoms with E-state index in [9.17, 15) is 14.7 Å². The Morgan fingerprint density at radius 2 is 1.81 bits per heavy atom. The summed E-state index contributed by atoms with van der Waals surface area (Å²) in [6, 6.07) is 18.2. The summed E-state index contributed by atoms with van der Waals surface area (Å²) in [4.78, 5) is 42.7. The third kappa shape index (κ3) is 7.89. The van der Waals surface area contributed by atoms with Crippen molar-refractivity contribution in [3.05, 3.63) is 96.1 Å². The number of carbonyl (C=O) groups excluding carboxylic acids is 2. The zero-order chi connectivity index (χ0) is 43.1. The molecule has 16 heteroatoms. The normalized spacial score (nSPS) is 19.5. The van der Waals surface area contributed by atoms with Crippen molar-refractivity contribution < 1.29 is 33.3 Å². The number of aromatic nitrogens is 5. The summed E-state index contributed by atoms with van der Waals surface area (Å²) in [5.74, 6) is 1.71. The summed E-state index contributed by atoms with van der Waals surface area (Å²) in [5.41, 5.74) is 5.52. The third-order valence-corrected chi connectivity index (χ3v) is 12.2. The standard InChI is InChI=1S/C46H52FN9O6/c1-5-48-39(57)24-61-30-10-6-9-27(18-30)45-56-35-14-13-26(33-22-51-43(53-33)36-12-8-16-55(36)44(58)41(25(2)3)54-46(59)60-4)17-29(35)20-37(56)40-31(47)19-28(21-38(40)62-45)34-23-50-42(52-34)32-11-7-15-49-32/h6,9-10,13-14,17-23,25,32,36,41,44-45,49,58H,5,7-8,11-12,15-16,24H2,1-4H3,(H,48,57)(H,50,52)(H,51,53)(H,54,59). The van der Waals surface area contributed by atoms with Gasteiger partial charge in [-0.3, -0.25) is 9.69 Å². The molecular formula is C46H52FN9O6. The highest BCUT2D eigenvalue weighted by Crippen LogP contribution is 2.48. The summed E-state index contributed by atoms with van der Waals surface area (Å²) in [7, 11) is 1.31. The van der Waals surface area contributed by atoms with Crippen LogP contribution in [0.25, 0.3) is 44.7 Å². The Labute approximate surface area is 358 Å². The number of rotatable bonds is 13. The smallest absolute Gasteiger partial charge is 0.407 e. The van der Waals surface area contributed by atoms with E-state index in [0.717, 1.165) is 65.8 Å². The molecule has 0 aliphatic carbocycles. The first-order valence-electron chi connectivity index (χ1n) is 21.4. The van der Waals surface area contributed by atoms with Crippen LogP contribution in [0.3, 0.4) is 0 Å². The Bertz CT molecular complexity index is 2600. The van der Waals surface area contributed by atoms with Gasteiger partial charge in [0.05, 0.1) is 65.8 Å². The minimum Gasteiger partial charge on any atom is -0.484 e. The number of imidazole rings is 2. The van der Waals surface area contributed by atoms with Gasteiger partial charge in [0.1, 0.15) is 35.2 Å². The predicted molar refractivity (Wildman–Crippen MR) is 231 cm³/mol. The van der Waals surface area contributed by atoms with E-state index in [0.29, 0.717) is 52.9 Å². The number of likely N-dealkylation sites (N-methyl/N-ethyl adjacent to an activating group) is 1. The maximum Gasteiger partial charge on any atom is 0.407 e. The molecule has 6 aromatic rings. The molecule has 3 aliphatic rings. The number of hydrogen-bond donors (Lipinski definition) is 6. The lowest BCUT2D eigenvalue weighted by Gasteiger charge is -2.35. The van der Waals surface area contributed by atoms with Crippen LogP contribution in [0.1, 0.15) is 82.0 Å². The maximum absolute atomic E-state index is 16.7. The number of likely N-dealkylation sites (tertiary alicyclic amines) is 1. The summed E-state index contributed by atoms with van der Waals surface area (Å²) in [6.45, 7) is 7.68. The van der Waals surface area contributed by atoms with E-state index in [1.165, 1.54) is 13.2 Å². The number of nitrogens with one attached hydrogen (secondary N) is 5. The molecule has 0 radical (unpaired) electrons. The summed E-state index contributed by atoms with van der Waals surface area (Å²) >= 11 is 0. The van der Waals surface area contributed by atoms with E-state index >= 15 is 4.39 Å². The van der Waals surface area contributed by atoms with Gasteiger partial charge in [-0.2, -0.15) is 0 Å². The van der Waals surface area contributed by atoms with Crippen LogP contribution in [0, 0.1) is 11.7 Å². The highest BCUT2D eigenvalue weighted by molar-refractivity contribution is 5.92. The molecule has 3 aliphatic heterocycles. The van der Waals surface area contributed by atoms with Gasteiger partial charge >= 0.3 is 6.09 Å². The number of nitrogens with zero attached hydrogens (tertiary/aromatic N) is 4. The molecule has 0 saturated carbocycles. The highest BCUT2D eigenvalue weighted by Gasteiger charge is 2.39. The fourth-order valence-corrected chi connectivity index (χ4v) is 9.09. The van der Waals surface area contributed by atoms with Gasteiger partial charge in [0.2, 0.25) is 6.23 Å². The van der Waals surface area contributed by atoms with Crippen molar-refractivity contribution in [2.45, 2.75) is 77.0 Å². The van der Waals surface area contributed by atoms with Crippen molar-refractivity contribution in [3.8, 4) is 45.3 Å². The van der Waals surface area contributed by atoms with Gasteiger partial charge in [0, 0.05) is 35.2 Å². The number of amides is 2. The first kappa shape index (κ1) is 41.1. The molecular weight excluding hydrogens is 794 g/mol. The Kier molecular flexibility index (Phi) is 11.5. The fourth-order valence-electron chi connectivity index (χ4n) is 9.09. The molecule has 6 N–H and O–H groups in total. The number of benzene rings is 3. The molecule has 2 fully saturated rings. The second-order valence-electron chi connectivity index (χ2n) is 16.5. The molecule has 62 heavy (non-hydrogen) atoms. The lowest BCUT2D eigenvalue weighted by molar-refractivity contribution is -0.122. The number of fused-ring (bicyclic) bond motifs is 5. The van der Waals surface area contributed by atoms with Crippen LogP contribution in [0.15, 0.2) is 73.1 Å². The molecule has 2 amide bonds. The van der Waals surface area contributed by atoms with Gasteiger partial charge in [-0.25, -0.2) is 19.2 Å². The van der Waals surface area contributed by atoms with Crippen LogP contribution in [0.5, 0.6) is 11.5 Å². The molecule has 5 unspecified atom stereocenters. The molecule has 5 atom stereocenters. The molecule has 15 nitrogen and oxygen atoms in total. The number of hydrogen-bond acceptors (Lipinski definition) is 10. The molecule has 3 aromatic heterocycles. The van der Waals surface area contributed by atoms with Gasteiger partial charge in [0.15, 0.2) is 6.61 Å². The number of aliphatic hydroxyl groups is 1. The Morgan fingerprint density at radius 3 is 2.58 bits per heavy atom. The summed E-state index contributed by atoms with van der Waals surface area (Å²) in [6.07, 6.45) is 4.96. The topological polar surface area (TPSA) is 184 Å². The van der Waals surface area contributed by atoms with E-state index < -0.39 is 30.4 Å². The van der Waals surface area contributed by atoms with Crippen LogP contribution in [-0.4, -0.2) is 92.1 Å². The average molecular weight is 846 g/mol. The lowest BCUT2D eigenvalue weighted by atomic mass is 10.0. The number of carbonyl (C=O) groups is 2. The van der Waals surface area contributed by atoms with Crippen molar-refractivity contribution in [3.63, 3.8) is 0 Å². The average Bonchev–Trinajstić information content (AvgIpc) is 4.13. The van der Waals surface area contributed by atoms with E-state index in [4.69, 9.17) is 19.2 Å². The molecule has 3 aromatic carbocycles. The van der Waals surface area contributed by atoms with Crippen LogP contribution >= 0.6 is 0 Å². The number of methoxy groups -OCH3 is 1. The fraction of sp³-hybridized carbons (Fsp3) is 0.391. The second kappa shape index (κ2) is 17.3. The minimum absolute atomic E-state index is 0.0513. The number of aromatic amines is 2. The largest absolute Gasteiger partial charge is 0.484 e. The van der Waals surface area contributed by atoms with E-state index in [-0.39, 0.29) is 30.5 Å². The monoisotopic (exact) mass is 845 g/mol. The van der Waals surface area contributed by atoms with Crippen LogP contribution in [0.4, 0.5) is 9.18 Å². The first-order chi connectivity index (χ1) is 30.1. The highest BCUT2D eigenvalue weighted by atomic mass is 19.1. The van der Waals surface area contributed by atoms with Crippen molar-refractivity contribution in [1.82, 2.24) is 45.4 Å². The molecule has 2 saturated heterocycles. The van der Waals surface area contributed by atoms with Crippen LogP contribution in [0.2, 0.25) is 0 Å². The van der Waals surface area contributed by atoms with E-state index in [1.807, 2.05) is 78.8 Å². The van der Waals surface area contributed by atoms with Gasteiger partial charge in [-0.15, -0.1) is 0 Å². The predicted octanol–water partition coefficient (Wildman–Crippen LogP) is 6.94. The van der Waals surface area contributed by atoms with E-state index in [1.54, 1.807) is 18.5 Å². The maximum atomic E-state index is 16.7. The van der Waals surface area contributed by atoms with Crippen molar-refractivity contribution >= 4 is 22.9 Å². The van der Waals surface area contributed by atoms with Crippen LogP contribution in [-0.2, 0) is 9.53 Å². The summed E-state index contributed by atoms with van der Waals surface area (Å²) < 4.78 is 36.2. The Balaban J connectivity index is 1.07. The number of aliphatic hydroxyl groups excluding tert-OH is 1. The second-order valence-corrected chi connectivity index (χ2v) is 16.5. The molecule has 6 heterocycles. The van der Waals surface area contributed by atoms with Crippen molar-refractivity contribution in [1.29, 1.82) is 0 Å². The van der Waals surface area contributed by atoms with Crippen LogP contribution < -0.4 is 25.4 Å². The number of H-pyrrole nitrogens is 2. The third-order valence-electron chi connectivity index (χ3n) is 12.2. The molecule has 0 bridgehead atoms. The van der Waals surface area contributed by atoms with Gasteiger partial charge < -0.3 is 49.8 Å². The van der Waals surface area contributed by atoms with E-state index in [2.05, 4.69) is 30.9 Å². The number of halogens is 1. The quantitative estimate of drug-likeness (QED) is 0.0712. The first-order valence-corrected chi connectivity index (χ1v) is 21.4. The SMILES string of the molecule is CCNC(=O)COc1cccc(C2Oc3cc(-c4cnc(C5CCCN5)[nH]4)cc(F)c3-c3cc4cc(-c5cnc(C6CCCN6C(O)C(NC(=O)OC)C(C)C)[nH]5)ccc4n32)c1. The van der Waals surface area contributed by atoms with Crippen molar-refractivity contribution in [2.24, 2.45) is 5.92 Å².